The Balaban J connectivity index is 2.47. The average molecular weight is 178 g/mol. The molecule has 2 rings (SSSR count). The number of aromatic nitrogens is 1. The van der Waals surface area contributed by atoms with Crippen LogP contribution in [0.5, 0.6) is 0 Å². The monoisotopic (exact) mass is 178 g/mol. The van der Waals surface area contributed by atoms with Gasteiger partial charge in [0.25, 0.3) is 0 Å². The highest BCUT2D eigenvalue weighted by Crippen LogP contribution is 2.25. The minimum atomic E-state index is -0.334. The molecule has 0 unspecified atom stereocenters. The van der Waals surface area contributed by atoms with Crippen molar-refractivity contribution >= 4 is 11.7 Å². The van der Waals surface area contributed by atoms with Crippen molar-refractivity contribution in [2.75, 3.05) is 19.0 Å². The zero-order valence-electron chi connectivity index (χ0n) is 7.33. The second-order valence-electron chi connectivity index (χ2n) is 2.89. The number of pyridine rings is 1. The van der Waals surface area contributed by atoms with Gasteiger partial charge in [-0.2, -0.15) is 0 Å². The number of methoxy groups -OCH3 is 1. The molecule has 0 atom stereocenters. The fraction of sp³-hybridized carbons (Fsp3) is 0.333. The van der Waals surface area contributed by atoms with Gasteiger partial charge in [-0.3, -0.25) is 4.98 Å². The Morgan fingerprint density at radius 3 is 3.23 bits per heavy atom. The van der Waals surface area contributed by atoms with Crippen LogP contribution in [0.1, 0.15) is 15.9 Å². The number of hydrogen-bond acceptors (Lipinski definition) is 4. The van der Waals surface area contributed by atoms with Crippen molar-refractivity contribution in [2.24, 2.45) is 0 Å². The fourth-order valence-electron chi connectivity index (χ4n) is 1.49. The molecule has 1 aliphatic rings. The Morgan fingerprint density at radius 1 is 1.62 bits per heavy atom. The highest BCUT2D eigenvalue weighted by atomic mass is 16.5. The maximum atomic E-state index is 11.3. The largest absolute Gasteiger partial charge is 0.465 e. The van der Waals surface area contributed by atoms with Gasteiger partial charge in [0.1, 0.15) is 5.56 Å². The van der Waals surface area contributed by atoms with E-state index in [1.54, 1.807) is 6.20 Å². The van der Waals surface area contributed by atoms with E-state index in [-0.39, 0.29) is 5.97 Å². The lowest BCUT2D eigenvalue weighted by Gasteiger charge is -2.05. The van der Waals surface area contributed by atoms with Gasteiger partial charge in [-0.05, 0) is 12.0 Å². The predicted octanol–water partition coefficient (Wildman–Crippen LogP) is 0.836. The van der Waals surface area contributed by atoms with E-state index in [0.717, 1.165) is 24.2 Å². The van der Waals surface area contributed by atoms with Crippen molar-refractivity contribution in [2.45, 2.75) is 6.42 Å². The van der Waals surface area contributed by atoms with Crippen LogP contribution in [-0.4, -0.2) is 24.6 Å². The molecule has 1 aromatic rings. The van der Waals surface area contributed by atoms with Crippen molar-refractivity contribution in [3.63, 3.8) is 0 Å². The summed E-state index contributed by atoms with van der Waals surface area (Å²) in [4.78, 5) is 15.3. The normalized spacial score (nSPS) is 13.3. The molecule has 0 saturated heterocycles. The highest BCUT2D eigenvalue weighted by molar-refractivity contribution is 5.96. The molecule has 0 radical (unpaired) electrons. The van der Waals surface area contributed by atoms with Crippen molar-refractivity contribution in [1.82, 2.24) is 4.98 Å². The third-order valence-electron chi connectivity index (χ3n) is 2.13. The molecule has 0 saturated carbocycles. The third-order valence-corrected chi connectivity index (χ3v) is 2.13. The van der Waals surface area contributed by atoms with Gasteiger partial charge in [-0.25, -0.2) is 4.79 Å². The first-order valence-corrected chi connectivity index (χ1v) is 4.12. The summed E-state index contributed by atoms with van der Waals surface area (Å²) < 4.78 is 4.64. The Labute approximate surface area is 75.9 Å². The molecule has 0 aliphatic carbocycles. The van der Waals surface area contributed by atoms with Crippen molar-refractivity contribution in [3.05, 3.63) is 23.5 Å². The molecule has 13 heavy (non-hydrogen) atoms. The molecule has 1 N–H and O–H groups in total. The first kappa shape index (κ1) is 8.04. The van der Waals surface area contributed by atoms with Crippen molar-refractivity contribution in [1.29, 1.82) is 0 Å². The van der Waals surface area contributed by atoms with Crippen LogP contribution in [0.4, 0.5) is 5.69 Å². The van der Waals surface area contributed by atoms with Crippen LogP contribution < -0.4 is 5.32 Å². The predicted molar refractivity (Wildman–Crippen MR) is 47.8 cm³/mol. The molecule has 1 aliphatic heterocycles. The summed E-state index contributed by atoms with van der Waals surface area (Å²) in [6, 6.07) is 0. The van der Waals surface area contributed by atoms with E-state index in [9.17, 15) is 4.79 Å². The smallest absolute Gasteiger partial charge is 0.341 e. The lowest BCUT2D eigenvalue weighted by Crippen LogP contribution is -2.05. The summed E-state index contributed by atoms with van der Waals surface area (Å²) >= 11 is 0. The van der Waals surface area contributed by atoms with Crippen LogP contribution in [-0.2, 0) is 11.2 Å². The number of anilines is 1. The van der Waals surface area contributed by atoms with Crippen LogP contribution in [0.3, 0.4) is 0 Å². The topological polar surface area (TPSA) is 51.2 Å². The van der Waals surface area contributed by atoms with E-state index in [4.69, 9.17) is 0 Å². The highest BCUT2D eigenvalue weighted by Gasteiger charge is 2.19. The van der Waals surface area contributed by atoms with Crippen LogP contribution in [0, 0.1) is 0 Å². The Bertz CT molecular complexity index is 349. The number of rotatable bonds is 1. The van der Waals surface area contributed by atoms with E-state index in [0.29, 0.717) is 5.56 Å². The molecule has 4 heteroatoms. The number of carbonyl (C=O) groups is 1. The SMILES string of the molecule is COC(=O)c1cncc2c1NCC2. The van der Waals surface area contributed by atoms with Crippen LogP contribution >= 0.6 is 0 Å². The lowest BCUT2D eigenvalue weighted by molar-refractivity contribution is 0.0601. The van der Waals surface area contributed by atoms with Crippen LogP contribution in [0.2, 0.25) is 0 Å². The van der Waals surface area contributed by atoms with E-state index in [2.05, 4.69) is 15.0 Å². The number of carbonyl (C=O) groups excluding carboxylic acids is 1. The summed E-state index contributed by atoms with van der Waals surface area (Å²) in [6.07, 6.45) is 4.23. The molecule has 0 spiro atoms. The number of fused-ring (bicyclic) bond motifs is 1. The minimum Gasteiger partial charge on any atom is -0.465 e. The number of ether oxygens (including phenoxy) is 1. The summed E-state index contributed by atoms with van der Waals surface area (Å²) in [6.45, 7) is 0.866. The van der Waals surface area contributed by atoms with Gasteiger partial charge in [-0.15, -0.1) is 0 Å². The molecule has 2 heterocycles. The second kappa shape index (κ2) is 3.05. The lowest BCUT2D eigenvalue weighted by atomic mass is 10.1. The fourth-order valence-corrected chi connectivity index (χ4v) is 1.49. The minimum absolute atomic E-state index is 0.334. The van der Waals surface area contributed by atoms with E-state index in [1.165, 1.54) is 13.3 Å². The van der Waals surface area contributed by atoms with Gasteiger partial charge in [0, 0.05) is 18.9 Å². The first-order chi connectivity index (χ1) is 6.33. The van der Waals surface area contributed by atoms with E-state index < -0.39 is 0 Å². The Morgan fingerprint density at radius 2 is 2.46 bits per heavy atom. The second-order valence-corrected chi connectivity index (χ2v) is 2.89. The third kappa shape index (κ3) is 1.24. The average Bonchev–Trinajstić information content (AvgIpc) is 2.63. The molecule has 4 nitrogen and oxygen atoms in total. The van der Waals surface area contributed by atoms with Gasteiger partial charge in [0.05, 0.1) is 12.8 Å². The zero-order chi connectivity index (χ0) is 9.26. The van der Waals surface area contributed by atoms with Gasteiger partial charge in [0.2, 0.25) is 0 Å². The van der Waals surface area contributed by atoms with Crippen molar-refractivity contribution < 1.29 is 9.53 Å². The standard InChI is InChI=1S/C9H10N2O2/c1-13-9(12)7-5-10-4-6-2-3-11-8(6)7/h4-5,11H,2-3H2,1H3. The molecule has 1 aromatic heterocycles. The quantitative estimate of drug-likeness (QED) is 0.647. The van der Waals surface area contributed by atoms with E-state index in [1.807, 2.05) is 0 Å². The Hall–Kier alpha value is -1.58. The molecular weight excluding hydrogens is 168 g/mol. The first-order valence-electron chi connectivity index (χ1n) is 4.12. The summed E-state index contributed by atoms with van der Waals surface area (Å²) in [5.74, 6) is -0.334. The number of hydrogen-bond donors (Lipinski definition) is 1. The molecule has 0 fully saturated rings. The Kier molecular flexibility index (Phi) is 1.88. The maximum Gasteiger partial charge on any atom is 0.341 e. The van der Waals surface area contributed by atoms with Crippen LogP contribution in [0.25, 0.3) is 0 Å². The van der Waals surface area contributed by atoms with Gasteiger partial charge in [0.15, 0.2) is 0 Å². The molecule has 0 amide bonds. The van der Waals surface area contributed by atoms with Gasteiger partial charge in [-0.1, -0.05) is 0 Å². The molecule has 68 valence electrons. The maximum absolute atomic E-state index is 11.3. The number of esters is 1. The number of nitrogens with zero attached hydrogens (tertiary/aromatic N) is 1. The number of nitrogens with one attached hydrogen (secondary N) is 1. The van der Waals surface area contributed by atoms with Gasteiger partial charge < -0.3 is 10.1 Å². The van der Waals surface area contributed by atoms with Crippen LogP contribution in [0.15, 0.2) is 12.4 Å². The summed E-state index contributed by atoms with van der Waals surface area (Å²) in [7, 11) is 1.37. The summed E-state index contributed by atoms with van der Waals surface area (Å²) in [5, 5.41) is 3.14. The van der Waals surface area contributed by atoms with E-state index >= 15 is 0 Å². The molecular formula is C9H10N2O2. The summed E-state index contributed by atoms with van der Waals surface area (Å²) in [5.41, 5.74) is 2.49. The molecule has 0 aromatic carbocycles. The van der Waals surface area contributed by atoms with Crippen molar-refractivity contribution in [3.8, 4) is 0 Å². The zero-order valence-corrected chi connectivity index (χ0v) is 7.33. The molecule has 0 bridgehead atoms. The van der Waals surface area contributed by atoms with Gasteiger partial charge >= 0.3 is 5.97 Å².